The zero-order valence-electron chi connectivity index (χ0n) is 11.8. The van der Waals surface area contributed by atoms with Crippen LogP contribution in [0.3, 0.4) is 0 Å². The Labute approximate surface area is 133 Å². The van der Waals surface area contributed by atoms with Crippen LogP contribution in [0.4, 0.5) is 11.5 Å². The second kappa shape index (κ2) is 7.25. The number of hydrogen-bond donors (Lipinski definition) is 2. The Hall–Kier alpha value is -2.84. The average Bonchev–Trinajstić information content (AvgIpc) is 2.52. The number of amides is 1. The van der Waals surface area contributed by atoms with Crippen molar-refractivity contribution in [3.05, 3.63) is 65.0 Å². The Balaban J connectivity index is 2.09. The van der Waals surface area contributed by atoms with Gasteiger partial charge < -0.3 is 10.6 Å². The van der Waals surface area contributed by atoms with E-state index in [2.05, 4.69) is 15.6 Å². The van der Waals surface area contributed by atoms with Crippen LogP contribution < -0.4 is 10.6 Å². The highest BCUT2D eigenvalue weighted by Gasteiger charge is 2.10. The minimum Gasteiger partial charge on any atom is -0.345 e. The first-order valence-electron chi connectivity index (χ1n) is 6.45. The molecule has 0 radical (unpaired) electrons. The van der Waals surface area contributed by atoms with Gasteiger partial charge in [0.05, 0.1) is 10.7 Å². The number of hydrogen-bond acceptors (Lipinski definition) is 4. The zero-order valence-corrected chi connectivity index (χ0v) is 12.6. The number of carbonyl (C=O) groups is 1. The van der Waals surface area contributed by atoms with Gasteiger partial charge >= 0.3 is 0 Å². The molecule has 22 heavy (non-hydrogen) atoms. The molecular weight excluding hydrogens is 300 g/mol. The standard InChI is InChI=1S/C16H13ClN4O/c1-11-6-7-15(19-9-11)20-10-12(8-18)16(22)21-14-5-3-2-4-13(14)17/h2-7,9-10H,1H3,(H,19,20)(H,21,22)/b12-10-. The molecule has 0 aliphatic heterocycles. The lowest BCUT2D eigenvalue weighted by Gasteiger charge is -2.06. The zero-order chi connectivity index (χ0) is 15.9. The summed E-state index contributed by atoms with van der Waals surface area (Å²) < 4.78 is 0. The minimum absolute atomic E-state index is 0.0812. The van der Waals surface area contributed by atoms with Crippen molar-refractivity contribution in [1.29, 1.82) is 5.26 Å². The van der Waals surface area contributed by atoms with E-state index in [0.717, 1.165) is 5.56 Å². The first-order valence-corrected chi connectivity index (χ1v) is 6.83. The first-order chi connectivity index (χ1) is 10.6. The number of nitriles is 1. The summed E-state index contributed by atoms with van der Waals surface area (Å²) in [7, 11) is 0. The molecule has 0 unspecified atom stereocenters. The third-order valence-corrected chi connectivity index (χ3v) is 3.09. The molecule has 1 aromatic heterocycles. The second-order valence-corrected chi connectivity index (χ2v) is 4.88. The van der Waals surface area contributed by atoms with Gasteiger partial charge in [-0.2, -0.15) is 5.26 Å². The summed E-state index contributed by atoms with van der Waals surface area (Å²) in [5, 5.41) is 14.9. The largest absolute Gasteiger partial charge is 0.345 e. The number of benzene rings is 1. The van der Waals surface area contributed by atoms with Crippen LogP contribution in [0.5, 0.6) is 0 Å². The van der Waals surface area contributed by atoms with Crippen molar-refractivity contribution < 1.29 is 4.79 Å². The number of nitrogens with one attached hydrogen (secondary N) is 2. The van der Waals surface area contributed by atoms with Crippen LogP contribution in [-0.4, -0.2) is 10.9 Å². The van der Waals surface area contributed by atoms with Gasteiger partial charge in [0.2, 0.25) is 0 Å². The van der Waals surface area contributed by atoms with Crippen molar-refractivity contribution >= 4 is 29.0 Å². The van der Waals surface area contributed by atoms with Crippen LogP contribution in [0, 0.1) is 18.3 Å². The predicted molar refractivity (Wildman–Crippen MR) is 86.4 cm³/mol. The van der Waals surface area contributed by atoms with E-state index < -0.39 is 5.91 Å². The molecule has 0 saturated heterocycles. The van der Waals surface area contributed by atoms with E-state index >= 15 is 0 Å². The van der Waals surface area contributed by atoms with E-state index in [9.17, 15) is 4.79 Å². The molecule has 0 aliphatic carbocycles. The molecule has 0 fully saturated rings. The highest BCUT2D eigenvalue weighted by atomic mass is 35.5. The third kappa shape index (κ3) is 4.08. The average molecular weight is 313 g/mol. The summed E-state index contributed by atoms with van der Waals surface area (Å²) in [6.45, 7) is 1.92. The van der Waals surface area contributed by atoms with E-state index in [1.54, 1.807) is 36.5 Å². The number of aromatic nitrogens is 1. The number of para-hydroxylation sites is 1. The summed E-state index contributed by atoms with van der Waals surface area (Å²) in [6, 6.07) is 12.3. The molecule has 0 bridgehead atoms. The first kappa shape index (κ1) is 15.5. The molecule has 0 atom stereocenters. The van der Waals surface area contributed by atoms with Gasteiger partial charge in [-0.1, -0.05) is 29.8 Å². The number of aryl methyl sites for hydroxylation is 1. The predicted octanol–water partition coefficient (Wildman–Crippen LogP) is 3.50. The molecule has 6 heteroatoms. The van der Waals surface area contributed by atoms with Crippen LogP contribution in [0.2, 0.25) is 5.02 Å². The van der Waals surface area contributed by atoms with Gasteiger partial charge in [0.25, 0.3) is 5.91 Å². The number of anilines is 2. The summed E-state index contributed by atoms with van der Waals surface area (Å²) >= 11 is 5.96. The van der Waals surface area contributed by atoms with Crippen LogP contribution in [0.25, 0.3) is 0 Å². The monoisotopic (exact) mass is 312 g/mol. The fourth-order valence-corrected chi connectivity index (χ4v) is 1.78. The number of rotatable bonds is 4. The summed E-state index contributed by atoms with van der Waals surface area (Å²) in [5.41, 5.74) is 1.39. The molecule has 1 amide bonds. The molecule has 0 spiro atoms. The van der Waals surface area contributed by atoms with Crippen LogP contribution in [0.1, 0.15) is 5.56 Å². The Morgan fingerprint density at radius 1 is 1.32 bits per heavy atom. The topological polar surface area (TPSA) is 77.8 Å². The van der Waals surface area contributed by atoms with E-state index in [4.69, 9.17) is 16.9 Å². The summed E-state index contributed by atoms with van der Waals surface area (Å²) in [4.78, 5) is 16.2. The van der Waals surface area contributed by atoms with Gasteiger partial charge in [-0.3, -0.25) is 4.79 Å². The Bertz CT molecular complexity index is 747. The van der Waals surface area contributed by atoms with E-state index in [-0.39, 0.29) is 5.57 Å². The van der Waals surface area contributed by atoms with Gasteiger partial charge in [-0.15, -0.1) is 0 Å². The Morgan fingerprint density at radius 3 is 2.73 bits per heavy atom. The molecule has 2 rings (SSSR count). The minimum atomic E-state index is -0.546. The lowest BCUT2D eigenvalue weighted by molar-refractivity contribution is -0.112. The molecular formula is C16H13ClN4O. The fourth-order valence-electron chi connectivity index (χ4n) is 1.60. The molecule has 5 nitrogen and oxygen atoms in total. The van der Waals surface area contributed by atoms with Crippen LogP contribution >= 0.6 is 11.6 Å². The van der Waals surface area contributed by atoms with Gasteiger partial charge in [0, 0.05) is 12.4 Å². The maximum absolute atomic E-state index is 12.1. The van der Waals surface area contributed by atoms with Crippen LogP contribution in [-0.2, 0) is 4.79 Å². The molecule has 2 N–H and O–H groups in total. The van der Waals surface area contributed by atoms with Crippen molar-refractivity contribution in [2.75, 3.05) is 10.6 Å². The highest BCUT2D eigenvalue weighted by Crippen LogP contribution is 2.20. The number of pyridine rings is 1. The molecule has 110 valence electrons. The molecule has 2 aromatic rings. The van der Waals surface area contributed by atoms with E-state index in [0.29, 0.717) is 16.5 Å². The number of carbonyl (C=O) groups excluding carboxylic acids is 1. The molecule has 0 saturated carbocycles. The second-order valence-electron chi connectivity index (χ2n) is 4.47. The van der Waals surface area contributed by atoms with Gasteiger partial charge in [-0.05, 0) is 30.7 Å². The summed E-state index contributed by atoms with van der Waals surface area (Å²) in [6.07, 6.45) is 3.00. The normalized spacial score (nSPS) is 10.7. The summed E-state index contributed by atoms with van der Waals surface area (Å²) in [5.74, 6) is -0.000829. The number of nitrogens with zero attached hydrogens (tertiary/aromatic N) is 2. The lowest BCUT2D eigenvalue weighted by Crippen LogP contribution is -2.14. The quantitative estimate of drug-likeness (QED) is 0.669. The van der Waals surface area contributed by atoms with Crippen molar-refractivity contribution in [2.45, 2.75) is 6.92 Å². The smallest absolute Gasteiger partial charge is 0.267 e. The number of halogens is 1. The lowest BCUT2D eigenvalue weighted by atomic mass is 10.2. The maximum atomic E-state index is 12.1. The van der Waals surface area contributed by atoms with Crippen molar-refractivity contribution in [2.24, 2.45) is 0 Å². The van der Waals surface area contributed by atoms with Gasteiger partial charge in [0.1, 0.15) is 17.5 Å². The van der Waals surface area contributed by atoms with Crippen molar-refractivity contribution in [3.63, 3.8) is 0 Å². The molecule has 1 heterocycles. The Morgan fingerprint density at radius 2 is 2.09 bits per heavy atom. The highest BCUT2D eigenvalue weighted by molar-refractivity contribution is 6.33. The maximum Gasteiger partial charge on any atom is 0.267 e. The van der Waals surface area contributed by atoms with Gasteiger partial charge in [-0.25, -0.2) is 4.98 Å². The van der Waals surface area contributed by atoms with Crippen molar-refractivity contribution in [3.8, 4) is 6.07 Å². The van der Waals surface area contributed by atoms with Crippen LogP contribution in [0.15, 0.2) is 54.4 Å². The van der Waals surface area contributed by atoms with E-state index in [1.807, 2.05) is 19.1 Å². The SMILES string of the molecule is Cc1ccc(N/C=C(/C#N)C(=O)Nc2ccccc2Cl)nc1. The van der Waals surface area contributed by atoms with Gasteiger partial charge in [0.15, 0.2) is 0 Å². The molecule has 0 aliphatic rings. The molecule has 1 aromatic carbocycles. The fraction of sp³-hybridized carbons (Fsp3) is 0.0625. The van der Waals surface area contributed by atoms with E-state index in [1.165, 1.54) is 6.20 Å². The Kier molecular flexibility index (Phi) is 5.12. The third-order valence-electron chi connectivity index (χ3n) is 2.76. The van der Waals surface area contributed by atoms with Crippen molar-refractivity contribution in [1.82, 2.24) is 4.98 Å².